The summed E-state index contributed by atoms with van der Waals surface area (Å²) in [5, 5.41) is 12.3. The molecule has 4 N–H and O–H groups in total. The molecular formula is C16H30N2O3. The molecule has 5 heteroatoms. The number of nitrogens with one attached hydrogen (secondary N) is 1. The second-order valence-electron chi connectivity index (χ2n) is 7.46. The SMILES string of the molecule is CCC1CCC(NC(=O)CC(N)C(C)(C)C)(C(=O)O)CC1. The van der Waals surface area contributed by atoms with Gasteiger partial charge >= 0.3 is 5.97 Å². The number of hydrogen-bond acceptors (Lipinski definition) is 3. The van der Waals surface area contributed by atoms with Crippen molar-refractivity contribution in [2.75, 3.05) is 0 Å². The van der Waals surface area contributed by atoms with Crippen molar-refractivity contribution in [3.05, 3.63) is 0 Å². The van der Waals surface area contributed by atoms with Crippen LogP contribution in [0.25, 0.3) is 0 Å². The number of aliphatic carboxylic acids is 1. The molecule has 122 valence electrons. The van der Waals surface area contributed by atoms with Gasteiger partial charge in [-0.2, -0.15) is 0 Å². The van der Waals surface area contributed by atoms with Crippen LogP contribution >= 0.6 is 0 Å². The zero-order chi connectivity index (χ0) is 16.3. The molecule has 1 amide bonds. The van der Waals surface area contributed by atoms with E-state index in [9.17, 15) is 14.7 Å². The van der Waals surface area contributed by atoms with E-state index in [0.29, 0.717) is 18.8 Å². The first kappa shape index (κ1) is 18.0. The number of nitrogens with two attached hydrogens (primary N) is 1. The lowest BCUT2D eigenvalue weighted by molar-refractivity contribution is -0.150. The summed E-state index contributed by atoms with van der Waals surface area (Å²) < 4.78 is 0. The molecule has 0 radical (unpaired) electrons. The molecule has 1 unspecified atom stereocenters. The standard InChI is InChI=1S/C16H30N2O3/c1-5-11-6-8-16(9-7-11,14(20)21)18-13(19)10-12(17)15(2,3)4/h11-12H,5-10,17H2,1-4H3,(H,18,19)(H,20,21). The molecule has 21 heavy (non-hydrogen) atoms. The predicted molar refractivity (Wildman–Crippen MR) is 82.8 cm³/mol. The molecule has 5 nitrogen and oxygen atoms in total. The van der Waals surface area contributed by atoms with E-state index in [-0.39, 0.29) is 23.8 Å². The van der Waals surface area contributed by atoms with Gasteiger partial charge in [-0.3, -0.25) is 4.79 Å². The lowest BCUT2D eigenvalue weighted by Crippen LogP contribution is -2.57. The first-order valence-electron chi connectivity index (χ1n) is 7.90. The Bertz CT molecular complexity index is 379. The highest BCUT2D eigenvalue weighted by molar-refractivity contribution is 5.87. The Labute approximate surface area is 127 Å². The highest BCUT2D eigenvalue weighted by Crippen LogP contribution is 2.34. The number of hydrogen-bond donors (Lipinski definition) is 3. The molecule has 1 atom stereocenters. The molecule has 1 fully saturated rings. The molecule has 1 rings (SSSR count). The van der Waals surface area contributed by atoms with Gasteiger partial charge in [-0.05, 0) is 37.0 Å². The molecule has 1 aliphatic carbocycles. The summed E-state index contributed by atoms with van der Waals surface area (Å²) in [7, 11) is 0. The maximum absolute atomic E-state index is 12.2. The first-order chi connectivity index (χ1) is 9.60. The van der Waals surface area contributed by atoms with E-state index in [0.717, 1.165) is 19.3 Å². The van der Waals surface area contributed by atoms with Crippen molar-refractivity contribution in [3.63, 3.8) is 0 Å². The molecule has 0 spiro atoms. The Kier molecular flexibility index (Phi) is 5.79. The van der Waals surface area contributed by atoms with Gasteiger partial charge in [0.15, 0.2) is 0 Å². The van der Waals surface area contributed by atoms with Crippen molar-refractivity contribution >= 4 is 11.9 Å². The van der Waals surface area contributed by atoms with Gasteiger partial charge in [0, 0.05) is 12.5 Å². The van der Waals surface area contributed by atoms with Crippen LogP contribution in [0.3, 0.4) is 0 Å². The second-order valence-corrected chi connectivity index (χ2v) is 7.46. The molecule has 0 aromatic heterocycles. The predicted octanol–water partition coefficient (Wildman–Crippen LogP) is 2.29. The summed E-state index contributed by atoms with van der Waals surface area (Å²) in [6.45, 7) is 8.05. The van der Waals surface area contributed by atoms with Crippen molar-refractivity contribution in [2.24, 2.45) is 17.1 Å². The summed E-state index contributed by atoms with van der Waals surface area (Å²) in [4.78, 5) is 23.8. The zero-order valence-corrected chi connectivity index (χ0v) is 13.7. The maximum Gasteiger partial charge on any atom is 0.329 e. The van der Waals surface area contributed by atoms with E-state index < -0.39 is 11.5 Å². The quantitative estimate of drug-likeness (QED) is 0.726. The summed E-state index contributed by atoms with van der Waals surface area (Å²) in [6.07, 6.45) is 3.96. The van der Waals surface area contributed by atoms with E-state index >= 15 is 0 Å². The maximum atomic E-state index is 12.2. The molecule has 0 aliphatic heterocycles. The number of amides is 1. The van der Waals surface area contributed by atoms with Crippen LogP contribution in [0.5, 0.6) is 0 Å². The minimum Gasteiger partial charge on any atom is -0.480 e. The number of carboxylic acid groups (broad SMARTS) is 1. The summed E-state index contributed by atoms with van der Waals surface area (Å²) in [6, 6.07) is -0.282. The van der Waals surface area contributed by atoms with E-state index in [4.69, 9.17) is 5.73 Å². The fourth-order valence-corrected chi connectivity index (χ4v) is 2.79. The Morgan fingerprint density at radius 3 is 2.24 bits per heavy atom. The molecule has 0 heterocycles. The highest BCUT2D eigenvalue weighted by Gasteiger charge is 2.43. The highest BCUT2D eigenvalue weighted by atomic mass is 16.4. The summed E-state index contributed by atoms with van der Waals surface area (Å²) in [5.41, 5.74) is 4.74. The second kappa shape index (κ2) is 6.77. The summed E-state index contributed by atoms with van der Waals surface area (Å²) in [5.74, 6) is -0.601. The number of carbonyl (C=O) groups is 2. The monoisotopic (exact) mass is 298 g/mol. The van der Waals surface area contributed by atoms with Gasteiger partial charge in [0.1, 0.15) is 5.54 Å². The third-order valence-electron chi connectivity index (χ3n) is 4.84. The van der Waals surface area contributed by atoms with Crippen LogP contribution in [0.1, 0.15) is 66.2 Å². The van der Waals surface area contributed by atoms with Crippen molar-refractivity contribution in [1.29, 1.82) is 0 Å². The molecule has 0 bridgehead atoms. The van der Waals surface area contributed by atoms with Crippen molar-refractivity contribution in [2.45, 2.75) is 77.8 Å². The van der Waals surface area contributed by atoms with E-state index in [1.807, 2.05) is 20.8 Å². The van der Waals surface area contributed by atoms with Gasteiger partial charge in [-0.1, -0.05) is 34.1 Å². The summed E-state index contributed by atoms with van der Waals surface area (Å²) >= 11 is 0. The third-order valence-corrected chi connectivity index (χ3v) is 4.84. The largest absolute Gasteiger partial charge is 0.480 e. The Morgan fingerprint density at radius 1 is 1.33 bits per heavy atom. The fraction of sp³-hybridized carbons (Fsp3) is 0.875. The lowest BCUT2D eigenvalue weighted by Gasteiger charge is -2.38. The van der Waals surface area contributed by atoms with Crippen molar-refractivity contribution in [3.8, 4) is 0 Å². The van der Waals surface area contributed by atoms with Crippen LogP contribution in [0.15, 0.2) is 0 Å². The van der Waals surface area contributed by atoms with Gasteiger partial charge in [-0.25, -0.2) is 4.79 Å². The van der Waals surface area contributed by atoms with Crippen LogP contribution in [-0.2, 0) is 9.59 Å². The van der Waals surface area contributed by atoms with Gasteiger partial charge in [0.05, 0.1) is 0 Å². The van der Waals surface area contributed by atoms with Gasteiger partial charge in [0.25, 0.3) is 0 Å². The molecular weight excluding hydrogens is 268 g/mol. The number of rotatable bonds is 5. The molecule has 0 saturated heterocycles. The Balaban J connectivity index is 2.68. The van der Waals surface area contributed by atoms with Crippen LogP contribution in [-0.4, -0.2) is 28.6 Å². The van der Waals surface area contributed by atoms with Crippen LogP contribution < -0.4 is 11.1 Å². The Hall–Kier alpha value is -1.10. The normalized spacial score (nSPS) is 28.0. The van der Waals surface area contributed by atoms with E-state index in [1.54, 1.807) is 0 Å². The average Bonchev–Trinajstić information content (AvgIpc) is 2.38. The lowest BCUT2D eigenvalue weighted by atomic mass is 9.75. The molecule has 1 saturated carbocycles. The van der Waals surface area contributed by atoms with Crippen LogP contribution in [0.4, 0.5) is 0 Å². The zero-order valence-electron chi connectivity index (χ0n) is 13.7. The molecule has 1 aliphatic rings. The topological polar surface area (TPSA) is 92.4 Å². The van der Waals surface area contributed by atoms with Gasteiger partial charge in [0.2, 0.25) is 5.91 Å². The average molecular weight is 298 g/mol. The minimum atomic E-state index is -1.10. The van der Waals surface area contributed by atoms with Crippen LogP contribution in [0, 0.1) is 11.3 Å². The van der Waals surface area contributed by atoms with Crippen molar-refractivity contribution < 1.29 is 14.7 Å². The number of carboxylic acids is 1. The van der Waals surface area contributed by atoms with Crippen molar-refractivity contribution in [1.82, 2.24) is 5.32 Å². The first-order valence-corrected chi connectivity index (χ1v) is 7.90. The van der Waals surface area contributed by atoms with Gasteiger partial charge in [-0.15, -0.1) is 0 Å². The van der Waals surface area contributed by atoms with E-state index in [2.05, 4.69) is 12.2 Å². The van der Waals surface area contributed by atoms with E-state index in [1.165, 1.54) is 0 Å². The minimum absolute atomic E-state index is 0.162. The number of carbonyl (C=O) groups excluding carboxylic acids is 1. The van der Waals surface area contributed by atoms with Crippen LogP contribution in [0.2, 0.25) is 0 Å². The molecule has 0 aromatic carbocycles. The van der Waals surface area contributed by atoms with Gasteiger partial charge < -0.3 is 16.2 Å². The third kappa shape index (κ3) is 4.70. The molecule has 0 aromatic rings. The Morgan fingerprint density at radius 2 is 1.86 bits per heavy atom. The smallest absolute Gasteiger partial charge is 0.329 e. The fourth-order valence-electron chi connectivity index (χ4n) is 2.79.